The summed E-state index contributed by atoms with van der Waals surface area (Å²) in [4.78, 5) is 0. The summed E-state index contributed by atoms with van der Waals surface area (Å²) in [6, 6.07) is 3.65. The predicted octanol–water partition coefficient (Wildman–Crippen LogP) is 3.45. The van der Waals surface area contributed by atoms with Crippen LogP contribution in [0, 0.1) is 11.3 Å². The molecule has 0 saturated heterocycles. The number of aromatic amines is 1. The van der Waals surface area contributed by atoms with Gasteiger partial charge in [-0.15, -0.1) is 0 Å². The third-order valence-electron chi connectivity index (χ3n) is 1.69. The van der Waals surface area contributed by atoms with E-state index in [-0.39, 0.29) is 0 Å². The molecule has 0 bridgehead atoms. The van der Waals surface area contributed by atoms with Gasteiger partial charge in [-0.25, -0.2) is 0 Å². The van der Waals surface area contributed by atoms with E-state index in [4.69, 9.17) is 5.26 Å². The number of nitriles is 1. The third-order valence-corrected chi connectivity index (χ3v) is 1.69. The fourth-order valence-electron chi connectivity index (χ4n) is 0.995. The van der Waals surface area contributed by atoms with Crippen LogP contribution in [0.25, 0.3) is 5.57 Å². The summed E-state index contributed by atoms with van der Waals surface area (Å²) in [6.07, 6.45) is 7.45. The number of allylic oxidation sites excluding steroid dienone is 5. The van der Waals surface area contributed by atoms with Crippen LogP contribution in [-0.2, 0) is 0 Å². The normalized spacial score (nSPS) is 10.5. The molecule has 0 saturated carbocycles. The lowest BCUT2D eigenvalue weighted by Gasteiger charge is -1.93. The van der Waals surface area contributed by atoms with Gasteiger partial charge in [-0.1, -0.05) is 44.7 Å². The van der Waals surface area contributed by atoms with Gasteiger partial charge in [0.2, 0.25) is 0 Å². The average Bonchev–Trinajstić information content (AvgIpc) is 2.81. The molecule has 0 amide bonds. The minimum Gasteiger partial charge on any atom is -0.277 e. The quantitative estimate of drug-likeness (QED) is 0.785. The zero-order chi connectivity index (χ0) is 12.4. The Balaban J connectivity index is 0.00000106. The van der Waals surface area contributed by atoms with Crippen molar-refractivity contribution in [2.24, 2.45) is 0 Å². The van der Waals surface area contributed by atoms with E-state index >= 15 is 0 Å². The molecule has 0 radical (unpaired) electrons. The number of nitrogens with one attached hydrogen (secondary N) is 1. The number of rotatable bonds is 3. The molecule has 3 nitrogen and oxygen atoms in total. The summed E-state index contributed by atoms with van der Waals surface area (Å²) in [6.45, 7) is 9.63. The first-order chi connectivity index (χ1) is 7.81. The van der Waals surface area contributed by atoms with Crippen molar-refractivity contribution in [3.8, 4) is 6.07 Å². The van der Waals surface area contributed by atoms with Crippen molar-refractivity contribution in [3.05, 3.63) is 48.3 Å². The highest BCUT2D eigenvalue weighted by molar-refractivity contribution is 5.72. The largest absolute Gasteiger partial charge is 0.277 e. The Hall–Kier alpha value is -2.08. The maximum Gasteiger partial charge on any atom is 0.162 e. The number of nitrogens with zero attached hydrogens (tertiary/aromatic N) is 2. The molecule has 0 aliphatic rings. The van der Waals surface area contributed by atoms with E-state index in [0.717, 1.165) is 11.3 Å². The first-order valence-corrected chi connectivity index (χ1v) is 5.23. The highest BCUT2D eigenvalue weighted by atomic mass is 15.1. The molecule has 0 unspecified atom stereocenters. The lowest BCUT2D eigenvalue weighted by molar-refractivity contribution is 1.06. The summed E-state index contributed by atoms with van der Waals surface area (Å²) in [5.74, 6) is 0. The van der Waals surface area contributed by atoms with Crippen LogP contribution in [0.2, 0.25) is 0 Å². The van der Waals surface area contributed by atoms with Crippen molar-refractivity contribution in [1.82, 2.24) is 10.2 Å². The van der Waals surface area contributed by atoms with Gasteiger partial charge in [0, 0.05) is 6.07 Å². The molecule has 3 heteroatoms. The fraction of sp³-hybridized carbons (Fsp3) is 0.231. The minimum absolute atomic E-state index is 0.383. The molecule has 1 aromatic heterocycles. The molecule has 1 N–H and O–H groups in total. The van der Waals surface area contributed by atoms with E-state index in [1.165, 1.54) is 0 Å². The summed E-state index contributed by atoms with van der Waals surface area (Å²) in [7, 11) is 0. The van der Waals surface area contributed by atoms with E-state index in [0.29, 0.717) is 5.69 Å². The molecular formula is C13H17N3. The second-order valence-corrected chi connectivity index (χ2v) is 2.63. The van der Waals surface area contributed by atoms with Crippen LogP contribution < -0.4 is 0 Å². The maximum atomic E-state index is 8.59. The van der Waals surface area contributed by atoms with E-state index in [1.807, 2.05) is 45.1 Å². The van der Waals surface area contributed by atoms with Crippen LogP contribution in [0.4, 0.5) is 0 Å². The molecule has 1 rings (SSSR count). The van der Waals surface area contributed by atoms with Gasteiger partial charge >= 0.3 is 0 Å². The van der Waals surface area contributed by atoms with Gasteiger partial charge in [0.25, 0.3) is 0 Å². The van der Waals surface area contributed by atoms with Gasteiger partial charge in [0.1, 0.15) is 6.07 Å². The molecule has 84 valence electrons. The zero-order valence-electron chi connectivity index (χ0n) is 9.99. The van der Waals surface area contributed by atoms with E-state index in [2.05, 4.69) is 16.8 Å². The van der Waals surface area contributed by atoms with Crippen LogP contribution >= 0.6 is 0 Å². The molecule has 0 aliphatic heterocycles. The van der Waals surface area contributed by atoms with Gasteiger partial charge in [-0.3, -0.25) is 5.10 Å². The summed E-state index contributed by atoms with van der Waals surface area (Å²) >= 11 is 0. The number of hydrogen-bond acceptors (Lipinski definition) is 2. The molecule has 16 heavy (non-hydrogen) atoms. The summed E-state index contributed by atoms with van der Waals surface area (Å²) < 4.78 is 0. The Morgan fingerprint density at radius 2 is 2.25 bits per heavy atom. The highest BCUT2D eigenvalue weighted by Crippen LogP contribution is 2.13. The molecule has 0 fully saturated rings. The first kappa shape index (κ1) is 13.9. The van der Waals surface area contributed by atoms with E-state index in [9.17, 15) is 0 Å². The van der Waals surface area contributed by atoms with Crippen molar-refractivity contribution in [3.63, 3.8) is 0 Å². The van der Waals surface area contributed by atoms with Crippen molar-refractivity contribution >= 4 is 5.57 Å². The highest BCUT2D eigenvalue weighted by Gasteiger charge is 2.01. The number of aromatic nitrogens is 2. The van der Waals surface area contributed by atoms with Crippen LogP contribution in [0.1, 0.15) is 32.2 Å². The third kappa shape index (κ3) is 3.97. The van der Waals surface area contributed by atoms with Crippen LogP contribution in [-0.4, -0.2) is 10.2 Å². The first-order valence-electron chi connectivity index (χ1n) is 5.23. The number of H-pyrrole nitrogens is 1. The lowest BCUT2D eigenvalue weighted by atomic mass is 10.1. The van der Waals surface area contributed by atoms with Crippen molar-refractivity contribution in [2.45, 2.75) is 20.8 Å². The van der Waals surface area contributed by atoms with Crippen LogP contribution in [0.5, 0.6) is 0 Å². The monoisotopic (exact) mass is 215 g/mol. The zero-order valence-corrected chi connectivity index (χ0v) is 9.99. The molecule has 1 aromatic rings. The predicted molar refractivity (Wildman–Crippen MR) is 67.6 cm³/mol. The molecule has 1 heterocycles. The Bertz CT molecular complexity index is 417. The smallest absolute Gasteiger partial charge is 0.162 e. The van der Waals surface area contributed by atoms with Crippen molar-refractivity contribution < 1.29 is 0 Å². The van der Waals surface area contributed by atoms with Crippen LogP contribution in [0.3, 0.4) is 0 Å². The summed E-state index contributed by atoms with van der Waals surface area (Å²) in [5.41, 5.74) is 2.10. The topological polar surface area (TPSA) is 52.5 Å². The van der Waals surface area contributed by atoms with E-state index in [1.54, 1.807) is 12.1 Å². The average molecular weight is 215 g/mol. The number of hydrogen-bond donors (Lipinski definition) is 1. The lowest BCUT2D eigenvalue weighted by Crippen LogP contribution is -1.79. The van der Waals surface area contributed by atoms with Crippen molar-refractivity contribution in [1.29, 1.82) is 5.26 Å². The molecule has 0 aliphatic carbocycles. The Labute approximate surface area is 96.8 Å². The van der Waals surface area contributed by atoms with Gasteiger partial charge in [0.15, 0.2) is 5.69 Å². The van der Waals surface area contributed by atoms with Gasteiger partial charge < -0.3 is 0 Å². The van der Waals surface area contributed by atoms with Crippen molar-refractivity contribution in [2.75, 3.05) is 0 Å². The standard InChI is InChI=1S/C11H11N3.C2H6/c1-3-5-6-9(4-2)11-7-10(8-12)13-14-11;1-2/h3-7H,2H2,1H3,(H,13,14);1-2H3/b5-3-,9-6+;. The van der Waals surface area contributed by atoms with Gasteiger partial charge in [-0.05, 0) is 12.5 Å². The fourth-order valence-corrected chi connectivity index (χ4v) is 0.995. The Morgan fingerprint density at radius 1 is 1.56 bits per heavy atom. The summed E-state index contributed by atoms with van der Waals surface area (Å²) in [5, 5.41) is 15.2. The molecule has 0 aromatic carbocycles. The SMILES string of the molecule is C=C/C(=C\C=C/C)c1cc(C#N)n[nH]1.CC. The van der Waals surface area contributed by atoms with Gasteiger partial charge in [-0.2, -0.15) is 10.4 Å². The Morgan fingerprint density at radius 3 is 2.69 bits per heavy atom. The second-order valence-electron chi connectivity index (χ2n) is 2.63. The maximum absolute atomic E-state index is 8.59. The van der Waals surface area contributed by atoms with Crippen LogP contribution in [0.15, 0.2) is 36.9 Å². The van der Waals surface area contributed by atoms with Gasteiger partial charge in [0.05, 0.1) is 5.69 Å². The second kappa shape index (κ2) is 8.25. The molecule has 0 atom stereocenters. The molecule has 0 spiro atoms. The molecular weight excluding hydrogens is 198 g/mol. The van der Waals surface area contributed by atoms with E-state index < -0.39 is 0 Å². The Kier molecular flexibility index (Phi) is 7.17. The minimum atomic E-state index is 0.383.